The van der Waals surface area contributed by atoms with Crippen molar-refractivity contribution in [3.05, 3.63) is 46.0 Å². The molecule has 2 atom stereocenters. The van der Waals surface area contributed by atoms with Crippen molar-refractivity contribution in [3.8, 4) is 6.07 Å². The minimum atomic E-state index is -4.93. The van der Waals surface area contributed by atoms with E-state index in [1.807, 2.05) is 17.9 Å². The molecule has 16 heteroatoms. The van der Waals surface area contributed by atoms with Crippen LogP contribution in [0.2, 0.25) is 25.7 Å². The number of nitriles is 1. The van der Waals surface area contributed by atoms with Crippen molar-refractivity contribution in [3.63, 3.8) is 0 Å². The number of nitrogens with one attached hydrogen (secondary N) is 1. The van der Waals surface area contributed by atoms with Crippen LogP contribution in [0, 0.1) is 11.3 Å². The number of hydrogen-bond donors (Lipinski definition) is 1. The maximum atomic E-state index is 13.8. The largest absolute Gasteiger partial charge is 0.423 e. The lowest BCUT2D eigenvalue weighted by Crippen LogP contribution is -2.55. The number of rotatable bonds is 12. The zero-order valence-electron chi connectivity index (χ0n) is 24.9. The molecular formula is C27H37F3N8O4Si. The summed E-state index contributed by atoms with van der Waals surface area (Å²) in [5, 5.41) is 19.1. The quantitative estimate of drug-likeness (QED) is 0.163. The molecule has 1 N–H and O–H groups in total. The minimum Gasteiger partial charge on any atom is -0.386 e. The summed E-state index contributed by atoms with van der Waals surface area (Å²) < 4.78 is 47.5. The first-order chi connectivity index (χ1) is 20.2. The van der Waals surface area contributed by atoms with Gasteiger partial charge in [0.25, 0.3) is 11.5 Å². The number of amides is 1. The Balaban J connectivity index is 1.52. The van der Waals surface area contributed by atoms with Crippen LogP contribution in [0.5, 0.6) is 0 Å². The molecule has 0 saturated carbocycles. The second kappa shape index (κ2) is 14.5. The fourth-order valence-electron chi connectivity index (χ4n) is 4.26. The lowest BCUT2D eigenvalue weighted by atomic mass is 10.2. The molecule has 0 spiro atoms. The molecule has 1 amide bonds. The summed E-state index contributed by atoms with van der Waals surface area (Å²) >= 11 is 0. The number of halogens is 3. The number of ether oxygens (including phenoxy) is 1. The molecule has 0 radical (unpaired) electrons. The third kappa shape index (κ3) is 9.78. The molecule has 3 rings (SSSR count). The molecule has 1 aliphatic rings. The van der Waals surface area contributed by atoms with E-state index in [-0.39, 0.29) is 25.3 Å². The highest BCUT2D eigenvalue weighted by molar-refractivity contribution is 6.76. The number of alkyl halides is 3. The maximum Gasteiger partial charge on any atom is 0.423 e. The number of pyridine rings is 1. The Hall–Kier alpha value is -3.97. The fraction of sp³-hybridized carbons (Fsp3) is 0.556. The monoisotopic (exact) mass is 622 g/mol. The van der Waals surface area contributed by atoms with Gasteiger partial charge < -0.3 is 24.7 Å². The Morgan fingerprint density at radius 2 is 2.05 bits per heavy atom. The van der Waals surface area contributed by atoms with Crippen LogP contribution in [0.3, 0.4) is 0 Å². The predicted molar refractivity (Wildman–Crippen MR) is 157 cm³/mol. The average Bonchev–Trinajstić information content (AvgIpc) is 2.93. The van der Waals surface area contributed by atoms with Crippen LogP contribution >= 0.6 is 0 Å². The van der Waals surface area contributed by atoms with Gasteiger partial charge in [0.1, 0.15) is 24.2 Å². The zero-order chi connectivity index (χ0) is 31.8. The summed E-state index contributed by atoms with van der Waals surface area (Å²) in [6, 6.07) is 5.34. The summed E-state index contributed by atoms with van der Waals surface area (Å²) in [5.41, 5.74) is -2.75. The summed E-state index contributed by atoms with van der Waals surface area (Å²) in [5.74, 6) is 0.421. The third-order valence-corrected chi connectivity index (χ3v) is 8.32. The lowest BCUT2D eigenvalue weighted by Gasteiger charge is -2.40. The van der Waals surface area contributed by atoms with Crippen molar-refractivity contribution in [2.45, 2.75) is 64.5 Å². The van der Waals surface area contributed by atoms with Crippen molar-refractivity contribution in [2.24, 2.45) is 5.16 Å². The van der Waals surface area contributed by atoms with Crippen molar-refractivity contribution in [1.29, 1.82) is 5.26 Å². The molecule has 3 heterocycles. The maximum absolute atomic E-state index is 13.8. The van der Waals surface area contributed by atoms with Gasteiger partial charge in [0.05, 0.1) is 29.7 Å². The molecule has 2 aromatic heterocycles. The minimum absolute atomic E-state index is 0.145. The second-order valence-corrected chi connectivity index (χ2v) is 17.1. The van der Waals surface area contributed by atoms with Crippen LogP contribution in [0.4, 0.5) is 24.7 Å². The van der Waals surface area contributed by atoms with Gasteiger partial charge in [-0.2, -0.15) is 23.5 Å². The molecule has 1 fully saturated rings. The molecule has 43 heavy (non-hydrogen) atoms. The first kappa shape index (κ1) is 33.5. The van der Waals surface area contributed by atoms with Gasteiger partial charge in [-0.15, -0.1) is 0 Å². The van der Waals surface area contributed by atoms with Crippen LogP contribution in [-0.4, -0.2) is 84.8 Å². The summed E-state index contributed by atoms with van der Waals surface area (Å²) in [6.45, 7) is 10.9. The number of hydrogen-bond acceptors (Lipinski definition) is 10. The molecule has 0 aromatic carbocycles. The standard InChI is InChI=1S/C27H37F3N8O4Si/c1-19(35-22-15-33-38(18-41-10-11-43(3,4)5)26(40)25(22)27(28,29)30)13-34-42-17-24(39)37-9-8-36(16-20(37)2)23-7-6-21(12-31)14-32-23/h6-7,13-15,19-20,35H,8-11,16-18H2,1-5H3/b34-13+. The SMILES string of the molecule is CC(/C=N/OCC(=O)N1CCN(c2ccc(C#N)cn2)CC1C)Nc1cnn(COCC[Si](C)(C)C)c(=O)c1C(F)(F)F. The highest BCUT2D eigenvalue weighted by atomic mass is 28.3. The van der Waals surface area contributed by atoms with E-state index in [9.17, 15) is 22.8 Å². The van der Waals surface area contributed by atoms with Crippen LogP contribution in [0.1, 0.15) is 25.0 Å². The van der Waals surface area contributed by atoms with Crippen molar-refractivity contribution >= 4 is 31.7 Å². The second-order valence-electron chi connectivity index (χ2n) is 11.4. The van der Waals surface area contributed by atoms with Gasteiger partial charge in [0.15, 0.2) is 6.61 Å². The first-order valence-electron chi connectivity index (χ1n) is 13.8. The first-order valence-corrected chi connectivity index (χ1v) is 17.5. The van der Waals surface area contributed by atoms with Gasteiger partial charge in [-0.05, 0) is 32.0 Å². The topological polar surface area (TPSA) is 138 Å². The normalized spacial score (nSPS) is 16.7. The molecule has 2 unspecified atom stereocenters. The highest BCUT2D eigenvalue weighted by Crippen LogP contribution is 2.32. The van der Waals surface area contributed by atoms with Gasteiger partial charge in [-0.3, -0.25) is 9.59 Å². The number of aromatic nitrogens is 3. The van der Waals surface area contributed by atoms with E-state index in [0.717, 1.165) is 12.2 Å². The number of oxime groups is 1. The van der Waals surface area contributed by atoms with Crippen molar-refractivity contribution in [2.75, 3.05) is 43.1 Å². The molecular weight excluding hydrogens is 585 g/mol. The molecule has 234 valence electrons. The Morgan fingerprint density at radius 3 is 2.65 bits per heavy atom. The average molecular weight is 623 g/mol. The van der Waals surface area contributed by atoms with E-state index in [4.69, 9.17) is 14.8 Å². The predicted octanol–water partition coefficient (Wildman–Crippen LogP) is 3.38. The third-order valence-electron chi connectivity index (χ3n) is 6.62. The smallest absolute Gasteiger partial charge is 0.386 e. The molecule has 0 aliphatic carbocycles. The van der Waals surface area contributed by atoms with E-state index in [1.54, 1.807) is 17.0 Å². The summed E-state index contributed by atoms with van der Waals surface area (Å²) in [4.78, 5) is 38.4. The van der Waals surface area contributed by atoms with E-state index in [0.29, 0.717) is 42.3 Å². The van der Waals surface area contributed by atoms with E-state index in [2.05, 4.69) is 40.2 Å². The van der Waals surface area contributed by atoms with Crippen LogP contribution in [0.15, 0.2) is 34.5 Å². The van der Waals surface area contributed by atoms with E-state index < -0.39 is 37.1 Å². The zero-order valence-corrected chi connectivity index (χ0v) is 25.9. The molecule has 1 aliphatic heterocycles. The number of nitrogens with zero attached hydrogens (tertiary/aromatic N) is 7. The van der Waals surface area contributed by atoms with Gasteiger partial charge in [0.2, 0.25) is 0 Å². The van der Waals surface area contributed by atoms with Crippen molar-refractivity contribution in [1.82, 2.24) is 19.7 Å². The van der Waals surface area contributed by atoms with Crippen molar-refractivity contribution < 1.29 is 27.5 Å². The van der Waals surface area contributed by atoms with Gasteiger partial charge in [0, 0.05) is 46.6 Å². The Kier molecular flexibility index (Phi) is 11.3. The Morgan fingerprint density at radius 1 is 1.30 bits per heavy atom. The van der Waals surface area contributed by atoms with Crippen LogP contribution in [-0.2, 0) is 27.3 Å². The number of anilines is 2. The van der Waals surface area contributed by atoms with Crippen LogP contribution in [0.25, 0.3) is 0 Å². The number of carbonyl (C=O) groups excluding carboxylic acids is 1. The Labute approximate surface area is 249 Å². The molecule has 2 aromatic rings. The van der Waals surface area contributed by atoms with Gasteiger partial charge in [-0.1, -0.05) is 24.8 Å². The van der Waals surface area contributed by atoms with Gasteiger partial charge in [-0.25, -0.2) is 9.67 Å². The molecule has 1 saturated heterocycles. The van der Waals surface area contributed by atoms with E-state index in [1.165, 1.54) is 19.3 Å². The lowest BCUT2D eigenvalue weighted by molar-refractivity contribution is -0.139. The van der Waals surface area contributed by atoms with Gasteiger partial charge >= 0.3 is 6.18 Å². The molecule has 0 bridgehead atoms. The number of carbonyl (C=O) groups is 1. The Bertz CT molecular complexity index is 1370. The van der Waals surface area contributed by atoms with Crippen LogP contribution < -0.4 is 15.8 Å². The molecule has 12 nitrogen and oxygen atoms in total. The number of piperazine rings is 1. The summed E-state index contributed by atoms with van der Waals surface area (Å²) in [6.07, 6.45) is -1.32. The summed E-state index contributed by atoms with van der Waals surface area (Å²) in [7, 11) is -1.40. The highest BCUT2D eigenvalue weighted by Gasteiger charge is 2.38. The fourth-order valence-corrected chi connectivity index (χ4v) is 5.02. The van der Waals surface area contributed by atoms with E-state index >= 15 is 0 Å².